The van der Waals surface area contributed by atoms with E-state index in [0.29, 0.717) is 17.8 Å². The number of benzene rings is 1. The molecule has 0 unspecified atom stereocenters. The van der Waals surface area contributed by atoms with Gasteiger partial charge in [0, 0.05) is 50.3 Å². The van der Waals surface area contributed by atoms with Gasteiger partial charge in [0.15, 0.2) is 5.82 Å². The van der Waals surface area contributed by atoms with Gasteiger partial charge < -0.3 is 25.8 Å². The van der Waals surface area contributed by atoms with E-state index in [4.69, 9.17) is 17.3 Å². The molecule has 54 heavy (non-hydrogen) atoms. The molecule has 3 N–H and O–H groups in total. The maximum Gasteiger partial charge on any atom is 0.418 e. The van der Waals surface area contributed by atoms with Crippen LogP contribution in [-0.4, -0.2) is 89.0 Å². The number of nitrogen functional groups attached to an aromatic ring is 1. The summed E-state index contributed by atoms with van der Waals surface area (Å²) in [5, 5.41) is 2.32. The molecule has 2 amide bonds. The highest BCUT2D eigenvalue weighted by Gasteiger charge is 2.40. The number of aryl methyl sites for hydroxylation is 2. The van der Waals surface area contributed by atoms with E-state index in [2.05, 4.69) is 21.9 Å². The molecule has 0 saturated carbocycles. The Bertz CT molecular complexity index is 2220. The average molecular weight is 771 g/mol. The number of pyridine rings is 3. The Labute approximate surface area is 315 Å². The van der Waals surface area contributed by atoms with E-state index >= 15 is 9.18 Å². The van der Waals surface area contributed by atoms with Crippen LogP contribution < -0.4 is 21.5 Å². The summed E-state index contributed by atoms with van der Waals surface area (Å²) in [6.45, 7) is 12.8. The van der Waals surface area contributed by atoms with Crippen molar-refractivity contribution in [1.82, 2.24) is 29.7 Å². The Morgan fingerprint density at radius 3 is 2.44 bits per heavy atom. The van der Waals surface area contributed by atoms with Crippen LogP contribution in [0.4, 0.5) is 29.1 Å². The van der Waals surface area contributed by atoms with Crippen LogP contribution in [0.5, 0.6) is 0 Å². The fourth-order valence-corrected chi connectivity index (χ4v) is 7.31. The monoisotopic (exact) mass is 770 g/mol. The number of carbonyl (C=O) groups excluding carboxylic acids is 2. The molecule has 4 heterocycles. The van der Waals surface area contributed by atoms with Crippen molar-refractivity contribution in [3.8, 4) is 16.9 Å². The summed E-state index contributed by atoms with van der Waals surface area (Å²) in [4.78, 5) is 55.7. The van der Waals surface area contributed by atoms with Crippen molar-refractivity contribution in [2.24, 2.45) is 0 Å². The number of rotatable bonds is 9. The van der Waals surface area contributed by atoms with Gasteiger partial charge in [0.05, 0.1) is 44.4 Å². The van der Waals surface area contributed by atoms with Crippen LogP contribution >= 0.6 is 11.6 Å². The van der Waals surface area contributed by atoms with Crippen molar-refractivity contribution >= 4 is 45.8 Å². The number of amides is 2. The van der Waals surface area contributed by atoms with Crippen LogP contribution in [0.3, 0.4) is 0 Å². The van der Waals surface area contributed by atoms with Crippen LogP contribution in [0.15, 0.2) is 41.8 Å². The summed E-state index contributed by atoms with van der Waals surface area (Å²) in [7, 11) is 3.63. The first-order valence-corrected chi connectivity index (χ1v) is 17.7. The molecule has 3 aromatic heterocycles. The number of hydrogen-bond acceptors (Lipinski definition) is 8. The summed E-state index contributed by atoms with van der Waals surface area (Å²) < 4.78 is 62.8. The van der Waals surface area contributed by atoms with E-state index in [0.717, 1.165) is 10.6 Å². The lowest BCUT2D eigenvalue weighted by Gasteiger charge is -2.41. The van der Waals surface area contributed by atoms with E-state index in [1.165, 1.54) is 25.3 Å². The summed E-state index contributed by atoms with van der Waals surface area (Å²) in [5.41, 5.74) is 2.11. The minimum Gasteiger partial charge on any atom is -0.384 e. The number of likely N-dealkylation sites (N-methyl/N-ethyl adjacent to an activating group) is 1. The Balaban J connectivity index is 2.01. The van der Waals surface area contributed by atoms with Gasteiger partial charge in [-0.2, -0.15) is 13.2 Å². The third-order valence-electron chi connectivity index (χ3n) is 9.48. The first-order valence-electron chi connectivity index (χ1n) is 17.3. The van der Waals surface area contributed by atoms with Crippen LogP contribution in [0.2, 0.25) is 5.02 Å². The van der Waals surface area contributed by atoms with E-state index < -0.39 is 56.9 Å². The topological polar surface area (TPSA) is 130 Å². The third kappa shape index (κ3) is 7.38. The standard InChI is InChI=1S/C38H43ClF4N8O3/c1-9-26(52)50-15-14-49(18-22(50)6)34-23-17-24(39)27(32-29(38(41,42)43)21(5)16-25(44)47-32)30(40)35(23)51(33-20(4)10-11-45-31(33)19(2)3)37(54)28(34)36(53)46-12-13-48(7)8/h9-11,16-17,19,22H,1,12-15,18H2,2-8H3,(H2,44,47)(H,46,53)/t22-/m1/s1. The maximum absolute atomic E-state index is 17.8. The van der Waals surface area contributed by atoms with Crippen molar-refractivity contribution in [3.63, 3.8) is 0 Å². The summed E-state index contributed by atoms with van der Waals surface area (Å²) in [6.07, 6.45) is -2.27. The SMILES string of the molecule is C=CC(=O)N1CCN(c2c(C(=O)NCCN(C)C)c(=O)n(-c3c(C)ccnc3C(C)C)c3c(F)c(-c4nc(N)cc(C)c4C(F)(F)F)c(Cl)cc23)C[C@H]1C. The van der Waals surface area contributed by atoms with E-state index in [-0.39, 0.29) is 71.7 Å². The number of hydrogen-bond donors (Lipinski definition) is 2. The second kappa shape index (κ2) is 15.4. The van der Waals surface area contributed by atoms with Crippen molar-refractivity contribution in [1.29, 1.82) is 0 Å². The molecule has 1 saturated heterocycles. The number of carbonyl (C=O) groups is 2. The van der Waals surface area contributed by atoms with Crippen molar-refractivity contribution in [2.75, 3.05) is 57.5 Å². The summed E-state index contributed by atoms with van der Waals surface area (Å²) in [5.74, 6) is -2.99. The second-order valence-corrected chi connectivity index (χ2v) is 14.4. The van der Waals surface area contributed by atoms with Gasteiger partial charge in [0.2, 0.25) is 5.91 Å². The van der Waals surface area contributed by atoms with Gasteiger partial charge in [-0.15, -0.1) is 0 Å². The van der Waals surface area contributed by atoms with E-state index in [1.807, 2.05) is 32.8 Å². The Morgan fingerprint density at radius 1 is 1.17 bits per heavy atom. The zero-order valence-corrected chi connectivity index (χ0v) is 31.9. The molecule has 1 aliphatic rings. The highest BCUT2D eigenvalue weighted by molar-refractivity contribution is 6.34. The number of nitrogens with two attached hydrogens (primary N) is 1. The molecule has 1 fully saturated rings. The molecular weight excluding hydrogens is 728 g/mol. The normalized spacial score (nSPS) is 15.0. The fraction of sp³-hybridized carbons (Fsp3) is 0.395. The van der Waals surface area contributed by atoms with E-state index in [1.54, 1.807) is 29.7 Å². The zero-order valence-electron chi connectivity index (χ0n) is 31.2. The predicted molar refractivity (Wildman–Crippen MR) is 203 cm³/mol. The van der Waals surface area contributed by atoms with Crippen molar-refractivity contribution in [2.45, 2.75) is 52.8 Å². The average Bonchev–Trinajstić information content (AvgIpc) is 3.06. The lowest BCUT2D eigenvalue weighted by atomic mass is 9.96. The minimum atomic E-state index is -4.99. The second-order valence-electron chi connectivity index (χ2n) is 14.0. The lowest BCUT2D eigenvalue weighted by molar-refractivity contribution is -0.137. The highest BCUT2D eigenvalue weighted by Crippen LogP contribution is 2.46. The Morgan fingerprint density at radius 2 is 1.85 bits per heavy atom. The largest absolute Gasteiger partial charge is 0.418 e. The van der Waals surface area contributed by atoms with E-state index in [9.17, 15) is 22.8 Å². The number of fused-ring (bicyclic) bond motifs is 1. The van der Waals surface area contributed by atoms with Gasteiger partial charge in [-0.25, -0.2) is 9.37 Å². The van der Waals surface area contributed by atoms with Gasteiger partial charge in [-0.1, -0.05) is 32.0 Å². The predicted octanol–water partition coefficient (Wildman–Crippen LogP) is 6.10. The number of halogens is 5. The molecular formula is C38H43ClF4N8O3. The third-order valence-corrected chi connectivity index (χ3v) is 9.78. The van der Waals surface area contributed by atoms with Gasteiger partial charge in [0.25, 0.3) is 11.5 Å². The molecule has 0 spiro atoms. The lowest BCUT2D eigenvalue weighted by Crippen LogP contribution is -2.54. The van der Waals surface area contributed by atoms with Gasteiger partial charge in [0.1, 0.15) is 11.4 Å². The number of nitrogens with zero attached hydrogens (tertiary/aromatic N) is 6. The quantitative estimate of drug-likeness (QED) is 0.155. The molecule has 0 radical (unpaired) electrons. The minimum absolute atomic E-state index is 0.0129. The fourth-order valence-electron chi connectivity index (χ4n) is 7.03. The van der Waals surface area contributed by atoms with Gasteiger partial charge in [-0.3, -0.25) is 23.9 Å². The van der Waals surface area contributed by atoms with Gasteiger partial charge in [-0.05, 0) is 76.2 Å². The van der Waals surface area contributed by atoms with Crippen molar-refractivity contribution < 1.29 is 27.2 Å². The highest BCUT2D eigenvalue weighted by atomic mass is 35.5. The molecule has 11 nitrogen and oxygen atoms in total. The zero-order chi connectivity index (χ0) is 40.0. The number of nitrogens with one attached hydrogen (secondary N) is 1. The maximum atomic E-state index is 17.8. The van der Waals surface area contributed by atoms with Gasteiger partial charge >= 0.3 is 6.18 Å². The number of aromatic nitrogens is 3. The van der Waals surface area contributed by atoms with Crippen LogP contribution in [0.25, 0.3) is 27.8 Å². The van der Waals surface area contributed by atoms with Crippen LogP contribution in [-0.2, 0) is 11.0 Å². The summed E-state index contributed by atoms with van der Waals surface area (Å²) in [6, 6.07) is 3.44. The molecule has 288 valence electrons. The first-order chi connectivity index (χ1) is 25.3. The van der Waals surface area contributed by atoms with Crippen molar-refractivity contribution in [3.05, 3.63) is 86.2 Å². The molecule has 1 aromatic carbocycles. The molecule has 1 atom stereocenters. The summed E-state index contributed by atoms with van der Waals surface area (Å²) >= 11 is 6.82. The molecule has 0 bridgehead atoms. The first kappa shape index (κ1) is 40.2. The smallest absolute Gasteiger partial charge is 0.384 e. The number of piperazine rings is 1. The number of anilines is 2. The molecule has 1 aliphatic heterocycles. The Kier molecular flexibility index (Phi) is 11.4. The number of alkyl halides is 3. The van der Waals surface area contributed by atoms with Crippen LogP contribution in [0.1, 0.15) is 59.4 Å². The molecule has 5 rings (SSSR count). The molecule has 4 aromatic rings. The Hall–Kier alpha value is -5.02. The van der Waals surface area contributed by atoms with Crippen LogP contribution in [0, 0.1) is 19.7 Å². The molecule has 16 heteroatoms. The molecule has 0 aliphatic carbocycles.